The second-order valence-corrected chi connectivity index (χ2v) is 7.72. The second kappa shape index (κ2) is 13.9. The predicted molar refractivity (Wildman–Crippen MR) is 101 cm³/mol. The van der Waals surface area contributed by atoms with Crippen LogP contribution in [0.15, 0.2) is 11.8 Å². The summed E-state index contributed by atoms with van der Waals surface area (Å²) in [5.41, 5.74) is 0. The average molecular weight is 414 g/mol. The van der Waals surface area contributed by atoms with Crippen molar-refractivity contribution < 1.29 is 65.7 Å². The minimum atomic E-state index is -1.25. The number of hydrogen-bond donors (Lipinski definition) is 3. The van der Waals surface area contributed by atoms with Crippen LogP contribution >= 0.6 is 0 Å². The Balaban J connectivity index is 0. The molecule has 0 bridgehead atoms. The first kappa shape index (κ1) is 27.8. The molecule has 2 aliphatic rings. The SMILES string of the molecule is CCCCC[C@H](O)CC[C@@H]1[C@@H]2[C@H](C[C@H]1O)O/C(=C\CCCC(=O)O)[C@@H]2F.O.[H-].[Na+]. The number of ether oxygens (including phenoxy) is 1. The standard InChI is InChI=1S/C20H33FO5.Na.H2O.H/c1-2-3-4-7-13(22)10-11-14-15(23)12-17-19(14)20(21)16(26-17)8-5-6-9-18(24)25;;;/h8,13-15,17,19-20,22-23H,2-7,9-12H2,1H3,(H,24,25);;1H2;/q;+1;;-1/b16-8-;;;/t13-,14-,15+,17-,19+,20-;;;/m0.../s1. The quantitative estimate of drug-likeness (QED) is 0.322. The Morgan fingerprint density at radius 2 is 2.07 bits per heavy atom. The first-order valence-electron chi connectivity index (χ1n) is 10.0. The van der Waals surface area contributed by atoms with Crippen molar-refractivity contribution in [3.63, 3.8) is 0 Å². The number of halogens is 1. The van der Waals surface area contributed by atoms with E-state index in [-0.39, 0.29) is 66.9 Å². The number of carboxylic acid groups (broad SMARTS) is 1. The van der Waals surface area contributed by atoms with Crippen LogP contribution in [0.5, 0.6) is 0 Å². The van der Waals surface area contributed by atoms with Gasteiger partial charge in [0, 0.05) is 18.8 Å². The molecule has 1 saturated heterocycles. The number of alkyl halides is 1. The smallest absolute Gasteiger partial charge is 1.00 e. The van der Waals surface area contributed by atoms with Crippen molar-refractivity contribution in [1.82, 2.24) is 0 Å². The number of allylic oxidation sites excluding steroid dienone is 2. The largest absolute Gasteiger partial charge is 1.00 e. The Morgan fingerprint density at radius 1 is 1.36 bits per heavy atom. The van der Waals surface area contributed by atoms with Crippen LogP contribution in [-0.2, 0) is 9.53 Å². The number of carbonyl (C=O) groups is 1. The molecule has 0 aromatic rings. The van der Waals surface area contributed by atoms with E-state index in [1.54, 1.807) is 6.08 Å². The topological polar surface area (TPSA) is 118 Å². The molecule has 5 N–H and O–H groups in total. The van der Waals surface area contributed by atoms with E-state index in [0.29, 0.717) is 37.9 Å². The normalized spacial score (nSPS) is 30.9. The molecule has 1 aliphatic carbocycles. The van der Waals surface area contributed by atoms with Gasteiger partial charge >= 0.3 is 35.5 Å². The Bertz CT molecular complexity index is 496. The van der Waals surface area contributed by atoms with Gasteiger partial charge in [-0.25, -0.2) is 4.39 Å². The molecule has 1 saturated carbocycles. The molecule has 1 aliphatic heterocycles. The molecular weight excluding hydrogens is 378 g/mol. The number of unbranched alkanes of at least 4 members (excludes halogenated alkanes) is 3. The van der Waals surface area contributed by atoms with Gasteiger partial charge in [0.1, 0.15) is 11.9 Å². The van der Waals surface area contributed by atoms with Gasteiger partial charge in [-0.05, 0) is 44.1 Å². The Labute approximate surface area is 190 Å². The first-order valence-corrected chi connectivity index (χ1v) is 10.0. The molecule has 8 heteroatoms. The zero-order chi connectivity index (χ0) is 19.1. The van der Waals surface area contributed by atoms with Gasteiger partial charge in [0.15, 0.2) is 6.17 Å². The third-order valence-electron chi connectivity index (χ3n) is 5.70. The molecule has 6 atom stereocenters. The minimum absolute atomic E-state index is 0. The van der Waals surface area contributed by atoms with Crippen LogP contribution in [-0.4, -0.2) is 51.2 Å². The molecule has 0 amide bonds. The molecule has 0 spiro atoms. The van der Waals surface area contributed by atoms with Gasteiger partial charge in [-0.15, -0.1) is 0 Å². The molecule has 0 aromatic heterocycles. The maximum absolute atomic E-state index is 14.8. The number of hydrogen-bond acceptors (Lipinski definition) is 4. The van der Waals surface area contributed by atoms with Crippen LogP contribution in [0.3, 0.4) is 0 Å². The van der Waals surface area contributed by atoms with Gasteiger partial charge in [-0.3, -0.25) is 4.79 Å². The fourth-order valence-corrected chi connectivity index (χ4v) is 4.27. The summed E-state index contributed by atoms with van der Waals surface area (Å²) in [6, 6.07) is 0. The van der Waals surface area contributed by atoms with E-state index in [1.165, 1.54) is 0 Å². The molecule has 2 rings (SSSR count). The van der Waals surface area contributed by atoms with Gasteiger partial charge in [0.05, 0.1) is 12.2 Å². The van der Waals surface area contributed by atoms with E-state index in [1.807, 2.05) is 0 Å². The molecular formula is C20H36FNaO6. The van der Waals surface area contributed by atoms with Crippen LogP contribution < -0.4 is 29.6 Å². The van der Waals surface area contributed by atoms with Crippen molar-refractivity contribution in [1.29, 1.82) is 0 Å². The van der Waals surface area contributed by atoms with E-state index in [2.05, 4.69) is 6.92 Å². The van der Waals surface area contributed by atoms with Crippen LogP contribution in [0.2, 0.25) is 0 Å². The number of aliphatic carboxylic acids is 1. The van der Waals surface area contributed by atoms with Gasteiger partial charge in [0.25, 0.3) is 0 Å². The molecule has 1 heterocycles. The Morgan fingerprint density at radius 3 is 2.71 bits per heavy atom. The summed E-state index contributed by atoms with van der Waals surface area (Å²) in [7, 11) is 0. The van der Waals surface area contributed by atoms with Crippen LogP contribution in [0.4, 0.5) is 4.39 Å². The van der Waals surface area contributed by atoms with Gasteiger partial charge in [0.2, 0.25) is 0 Å². The van der Waals surface area contributed by atoms with E-state index in [0.717, 1.165) is 25.7 Å². The fourth-order valence-electron chi connectivity index (χ4n) is 4.27. The van der Waals surface area contributed by atoms with E-state index < -0.39 is 18.2 Å². The van der Waals surface area contributed by atoms with Crippen molar-refractivity contribution in [3.8, 4) is 0 Å². The van der Waals surface area contributed by atoms with Crippen LogP contribution in [0.25, 0.3) is 0 Å². The monoisotopic (exact) mass is 414 g/mol. The molecule has 0 aromatic carbocycles. The number of fused-ring (bicyclic) bond motifs is 1. The van der Waals surface area contributed by atoms with Crippen molar-refractivity contribution in [2.75, 3.05) is 0 Å². The van der Waals surface area contributed by atoms with Crippen molar-refractivity contribution in [3.05, 3.63) is 11.8 Å². The number of aliphatic hydroxyl groups is 2. The summed E-state index contributed by atoms with van der Waals surface area (Å²) in [6.07, 6.45) is 5.70. The summed E-state index contributed by atoms with van der Waals surface area (Å²) in [4.78, 5) is 10.5. The molecule has 160 valence electrons. The van der Waals surface area contributed by atoms with Gasteiger partial charge in [-0.2, -0.15) is 0 Å². The third-order valence-corrected chi connectivity index (χ3v) is 5.70. The van der Waals surface area contributed by atoms with Gasteiger partial charge in [-0.1, -0.05) is 26.2 Å². The predicted octanol–water partition coefficient (Wildman–Crippen LogP) is -0.128. The fraction of sp³-hybridized carbons (Fsp3) is 0.850. The van der Waals surface area contributed by atoms with Gasteiger partial charge < -0.3 is 27.0 Å². The van der Waals surface area contributed by atoms with E-state index in [9.17, 15) is 19.4 Å². The summed E-state index contributed by atoms with van der Waals surface area (Å²) >= 11 is 0. The summed E-state index contributed by atoms with van der Waals surface area (Å²) < 4.78 is 20.5. The molecule has 0 unspecified atom stereocenters. The Kier molecular flexibility index (Phi) is 13.8. The summed E-state index contributed by atoms with van der Waals surface area (Å²) in [6.45, 7) is 2.12. The zero-order valence-electron chi connectivity index (χ0n) is 18.1. The zero-order valence-corrected chi connectivity index (χ0v) is 19.1. The molecule has 6 nitrogen and oxygen atoms in total. The van der Waals surface area contributed by atoms with Crippen LogP contribution in [0.1, 0.15) is 72.6 Å². The molecule has 0 radical (unpaired) electrons. The molecule has 2 fully saturated rings. The minimum Gasteiger partial charge on any atom is -1.00 e. The van der Waals surface area contributed by atoms with E-state index >= 15 is 0 Å². The van der Waals surface area contributed by atoms with Crippen LogP contribution in [0, 0.1) is 11.8 Å². The third kappa shape index (κ3) is 7.92. The first-order chi connectivity index (χ1) is 12.4. The number of aliphatic hydroxyl groups excluding tert-OH is 2. The van der Waals surface area contributed by atoms with E-state index in [4.69, 9.17) is 9.84 Å². The summed E-state index contributed by atoms with van der Waals surface area (Å²) in [5, 5.41) is 29.0. The number of rotatable bonds is 11. The summed E-state index contributed by atoms with van der Waals surface area (Å²) in [5.74, 6) is -1.12. The van der Waals surface area contributed by atoms with Crippen molar-refractivity contribution >= 4 is 5.97 Å². The van der Waals surface area contributed by atoms with Crippen molar-refractivity contribution in [2.24, 2.45) is 11.8 Å². The molecule has 28 heavy (non-hydrogen) atoms. The maximum Gasteiger partial charge on any atom is 1.00 e. The Hall–Kier alpha value is -0.180. The maximum atomic E-state index is 14.8. The second-order valence-electron chi connectivity index (χ2n) is 7.72. The number of carboxylic acids is 1. The average Bonchev–Trinajstić information content (AvgIpc) is 3.05. The van der Waals surface area contributed by atoms with Crippen molar-refractivity contribution in [2.45, 2.75) is 95.6 Å².